The van der Waals surface area contributed by atoms with E-state index < -0.39 is 10.0 Å². The summed E-state index contributed by atoms with van der Waals surface area (Å²) in [7, 11) is -4.03. The van der Waals surface area contributed by atoms with Gasteiger partial charge in [0.2, 0.25) is 5.91 Å². The molecule has 0 bridgehead atoms. The summed E-state index contributed by atoms with van der Waals surface area (Å²) in [4.78, 5) is 13.3. The minimum absolute atomic E-state index is 0.117. The predicted octanol–water partition coefficient (Wildman–Crippen LogP) is 5.74. The molecule has 0 heterocycles. The largest absolute Gasteiger partial charge is 0.492 e. The molecular formula is C31H34N2O4S. The molecule has 0 saturated carbocycles. The van der Waals surface area contributed by atoms with Gasteiger partial charge in [-0.3, -0.25) is 9.10 Å². The molecule has 0 saturated heterocycles. The van der Waals surface area contributed by atoms with E-state index >= 15 is 0 Å². The minimum atomic E-state index is -4.03. The second-order valence-electron chi connectivity index (χ2n) is 9.48. The van der Waals surface area contributed by atoms with Gasteiger partial charge in [-0.05, 0) is 66.8 Å². The van der Waals surface area contributed by atoms with Crippen LogP contribution in [0.2, 0.25) is 0 Å². The van der Waals surface area contributed by atoms with E-state index in [1.54, 1.807) is 48.5 Å². The lowest BCUT2D eigenvalue weighted by molar-refractivity contribution is -0.119. The topological polar surface area (TPSA) is 75.7 Å². The average molecular weight is 531 g/mol. The van der Waals surface area contributed by atoms with Gasteiger partial charge in [0.1, 0.15) is 12.3 Å². The highest BCUT2D eigenvalue weighted by molar-refractivity contribution is 7.92. The molecule has 198 valence electrons. The summed E-state index contributed by atoms with van der Waals surface area (Å²) in [6, 6.07) is 28.0. The SMILES string of the molecule is CCOc1ccccc1N(CC(=O)NCC(C)Cc1cccc2ccccc12)S(=O)(=O)c1ccc(C)cc1. The molecule has 7 heteroatoms. The number of carbonyl (C=O) groups excluding carboxylic acids is 1. The first-order valence-electron chi connectivity index (χ1n) is 12.8. The van der Waals surface area contributed by atoms with E-state index in [4.69, 9.17) is 4.74 Å². The summed E-state index contributed by atoms with van der Waals surface area (Å²) in [5, 5.41) is 5.34. The summed E-state index contributed by atoms with van der Waals surface area (Å²) in [6.45, 7) is 6.24. The standard InChI is InChI=1S/C31H34N2O4S/c1-4-37-30-15-8-7-14-29(30)33(38(35,36)27-18-16-23(2)17-19-27)22-31(34)32-21-24(3)20-26-12-9-11-25-10-5-6-13-28(25)26/h5-19,24H,4,20-22H2,1-3H3,(H,32,34). The summed E-state index contributed by atoms with van der Waals surface area (Å²) in [5.74, 6) is 0.183. The van der Waals surface area contributed by atoms with E-state index in [9.17, 15) is 13.2 Å². The molecule has 4 aromatic carbocycles. The Morgan fingerprint density at radius 2 is 1.61 bits per heavy atom. The van der Waals surface area contributed by atoms with Gasteiger partial charge in [-0.15, -0.1) is 0 Å². The molecule has 4 aromatic rings. The number of nitrogens with one attached hydrogen (secondary N) is 1. The Morgan fingerprint density at radius 3 is 2.37 bits per heavy atom. The normalized spacial score (nSPS) is 12.2. The van der Waals surface area contributed by atoms with Crippen LogP contribution in [-0.2, 0) is 21.2 Å². The van der Waals surface area contributed by atoms with E-state index in [-0.39, 0.29) is 23.3 Å². The molecule has 0 aliphatic carbocycles. The number of amides is 1. The van der Waals surface area contributed by atoms with Crippen LogP contribution in [0.3, 0.4) is 0 Å². The van der Waals surface area contributed by atoms with Crippen molar-refractivity contribution in [2.24, 2.45) is 5.92 Å². The van der Waals surface area contributed by atoms with Gasteiger partial charge in [-0.25, -0.2) is 8.42 Å². The number of benzene rings is 4. The molecule has 0 fully saturated rings. The van der Waals surface area contributed by atoms with Gasteiger partial charge in [0.25, 0.3) is 10.0 Å². The Morgan fingerprint density at radius 1 is 0.921 bits per heavy atom. The first-order valence-corrected chi connectivity index (χ1v) is 14.3. The van der Waals surface area contributed by atoms with Crippen molar-refractivity contribution in [1.29, 1.82) is 0 Å². The highest BCUT2D eigenvalue weighted by atomic mass is 32.2. The van der Waals surface area contributed by atoms with Crippen LogP contribution < -0.4 is 14.4 Å². The molecule has 1 amide bonds. The lowest BCUT2D eigenvalue weighted by Gasteiger charge is -2.26. The van der Waals surface area contributed by atoms with Crippen LogP contribution in [0, 0.1) is 12.8 Å². The third kappa shape index (κ3) is 6.34. The molecule has 1 atom stereocenters. The number of hydrogen-bond donors (Lipinski definition) is 1. The molecular weight excluding hydrogens is 496 g/mol. The lowest BCUT2D eigenvalue weighted by Crippen LogP contribution is -2.42. The Bertz CT molecular complexity index is 1490. The molecule has 4 rings (SSSR count). The van der Waals surface area contributed by atoms with E-state index in [0.717, 1.165) is 16.3 Å². The second kappa shape index (κ2) is 12.1. The van der Waals surface area contributed by atoms with Gasteiger partial charge in [0.05, 0.1) is 17.2 Å². The fraction of sp³-hybridized carbons (Fsp3) is 0.258. The number of rotatable bonds is 11. The molecule has 0 aliphatic rings. The molecule has 1 N–H and O–H groups in total. The van der Waals surface area contributed by atoms with Crippen molar-refractivity contribution in [2.75, 3.05) is 24.0 Å². The van der Waals surface area contributed by atoms with Crippen molar-refractivity contribution in [1.82, 2.24) is 5.32 Å². The van der Waals surface area contributed by atoms with Gasteiger partial charge >= 0.3 is 0 Å². The van der Waals surface area contributed by atoms with Gasteiger partial charge < -0.3 is 10.1 Å². The van der Waals surface area contributed by atoms with Crippen molar-refractivity contribution in [3.63, 3.8) is 0 Å². The first-order chi connectivity index (χ1) is 18.3. The summed E-state index contributed by atoms with van der Waals surface area (Å²) in [6.07, 6.45) is 0.792. The maximum Gasteiger partial charge on any atom is 0.264 e. The number of anilines is 1. The first kappa shape index (κ1) is 27.2. The van der Waals surface area contributed by atoms with E-state index in [1.807, 2.05) is 32.0 Å². The number of hydrogen-bond acceptors (Lipinski definition) is 4. The zero-order chi connectivity index (χ0) is 27.1. The van der Waals surface area contributed by atoms with E-state index in [0.29, 0.717) is 24.6 Å². The Kier molecular flexibility index (Phi) is 8.69. The van der Waals surface area contributed by atoms with Crippen LogP contribution >= 0.6 is 0 Å². The smallest absolute Gasteiger partial charge is 0.264 e. The molecule has 0 radical (unpaired) electrons. The summed E-state index contributed by atoms with van der Waals surface area (Å²) >= 11 is 0. The minimum Gasteiger partial charge on any atom is -0.492 e. The monoisotopic (exact) mass is 530 g/mol. The highest BCUT2D eigenvalue weighted by Crippen LogP contribution is 2.32. The number of sulfonamides is 1. The Balaban J connectivity index is 1.52. The van der Waals surface area contributed by atoms with Crippen LogP contribution in [0.5, 0.6) is 5.75 Å². The van der Waals surface area contributed by atoms with Crippen LogP contribution in [0.25, 0.3) is 10.8 Å². The molecule has 38 heavy (non-hydrogen) atoms. The lowest BCUT2D eigenvalue weighted by atomic mass is 9.96. The fourth-order valence-corrected chi connectivity index (χ4v) is 5.90. The Labute approximate surface area is 225 Å². The van der Waals surface area contributed by atoms with Crippen molar-refractivity contribution in [2.45, 2.75) is 32.1 Å². The summed E-state index contributed by atoms with van der Waals surface area (Å²) < 4.78 is 34.3. The molecule has 0 spiro atoms. The number of nitrogens with zero attached hydrogens (tertiary/aromatic N) is 1. The van der Waals surface area contributed by atoms with Gasteiger partial charge in [-0.1, -0.05) is 79.2 Å². The number of ether oxygens (including phenoxy) is 1. The zero-order valence-corrected chi connectivity index (χ0v) is 22.9. The molecule has 1 unspecified atom stereocenters. The summed E-state index contributed by atoms with van der Waals surface area (Å²) in [5.41, 5.74) is 2.50. The highest BCUT2D eigenvalue weighted by Gasteiger charge is 2.29. The molecule has 0 aromatic heterocycles. The van der Waals surface area contributed by atoms with Crippen LogP contribution in [-0.4, -0.2) is 34.0 Å². The third-order valence-corrected chi connectivity index (χ3v) is 8.20. The van der Waals surface area contributed by atoms with Crippen LogP contribution in [0.4, 0.5) is 5.69 Å². The number of fused-ring (bicyclic) bond motifs is 1. The predicted molar refractivity (Wildman–Crippen MR) is 153 cm³/mol. The van der Waals surface area contributed by atoms with Crippen molar-refractivity contribution < 1.29 is 17.9 Å². The Hall–Kier alpha value is -3.84. The van der Waals surface area contributed by atoms with E-state index in [2.05, 4.69) is 36.5 Å². The van der Waals surface area contributed by atoms with Gasteiger partial charge in [-0.2, -0.15) is 0 Å². The van der Waals surface area contributed by atoms with Gasteiger partial charge in [0.15, 0.2) is 0 Å². The van der Waals surface area contributed by atoms with Crippen molar-refractivity contribution in [3.8, 4) is 5.75 Å². The zero-order valence-electron chi connectivity index (χ0n) is 22.1. The number of carbonyl (C=O) groups is 1. The second-order valence-corrected chi connectivity index (χ2v) is 11.3. The van der Waals surface area contributed by atoms with Crippen LogP contribution in [0.1, 0.15) is 25.0 Å². The number of para-hydroxylation sites is 2. The number of aryl methyl sites for hydroxylation is 1. The van der Waals surface area contributed by atoms with Crippen molar-refractivity contribution in [3.05, 3.63) is 102 Å². The van der Waals surface area contributed by atoms with E-state index in [1.165, 1.54) is 16.3 Å². The third-order valence-electron chi connectivity index (χ3n) is 6.43. The molecule has 6 nitrogen and oxygen atoms in total. The van der Waals surface area contributed by atoms with Gasteiger partial charge in [0, 0.05) is 6.54 Å². The maximum absolute atomic E-state index is 13.7. The van der Waals surface area contributed by atoms with Crippen molar-refractivity contribution >= 4 is 32.4 Å². The quantitative estimate of drug-likeness (QED) is 0.268. The average Bonchev–Trinajstić information content (AvgIpc) is 2.91. The maximum atomic E-state index is 13.7. The van der Waals surface area contributed by atoms with Crippen LogP contribution in [0.15, 0.2) is 95.9 Å². The molecule has 0 aliphatic heterocycles. The fourth-order valence-electron chi connectivity index (χ4n) is 4.47.